The quantitative estimate of drug-likeness (QED) is 0.443. The van der Waals surface area contributed by atoms with Crippen LogP contribution in [0.25, 0.3) is 0 Å². The number of nitrogens with zero attached hydrogens (tertiary/aromatic N) is 3. The highest BCUT2D eigenvalue weighted by molar-refractivity contribution is 5.73. The average molecular weight is 278 g/mol. The maximum Gasteiger partial charge on any atom is 0.354 e. The fourth-order valence-electron chi connectivity index (χ4n) is 1.61. The maximum atomic E-state index is 13.2. The van der Waals surface area contributed by atoms with Crippen LogP contribution in [0.15, 0.2) is 24.5 Å². The molecule has 2 aromatic rings. The van der Waals surface area contributed by atoms with E-state index in [0.717, 1.165) is 6.33 Å². The zero-order valence-corrected chi connectivity index (χ0v) is 10.4. The van der Waals surface area contributed by atoms with Crippen molar-refractivity contribution in [2.24, 2.45) is 5.84 Å². The number of aryl methyl sites for hydroxylation is 1. The van der Waals surface area contributed by atoms with Gasteiger partial charge in [-0.2, -0.15) is 0 Å². The number of anilines is 3. The molecule has 0 saturated carbocycles. The number of hydrazine groups is 1. The van der Waals surface area contributed by atoms with Crippen molar-refractivity contribution in [3.05, 3.63) is 46.0 Å². The fourth-order valence-corrected chi connectivity index (χ4v) is 1.61. The molecule has 0 radical (unpaired) electrons. The lowest BCUT2D eigenvalue weighted by molar-refractivity contribution is -0.383. The number of nitrogens with one attached hydrogen (secondary N) is 2. The summed E-state index contributed by atoms with van der Waals surface area (Å²) in [5.74, 6) is 4.65. The fraction of sp³-hybridized carbons (Fsp3) is 0.0909. The van der Waals surface area contributed by atoms with Gasteiger partial charge in [-0.05, 0) is 30.7 Å². The minimum Gasteiger partial charge on any atom is -0.334 e. The third-order valence-corrected chi connectivity index (χ3v) is 2.56. The van der Waals surface area contributed by atoms with Gasteiger partial charge in [0.2, 0.25) is 11.6 Å². The van der Waals surface area contributed by atoms with E-state index in [1.165, 1.54) is 18.2 Å². The van der Waals surface area contributed by atoms with Gasteiger partial charge in [0.15, 0.2) is 0 Å². The van der Waals surface area contributed by atoms with Crippen molar-refractivity contribution in [2.45, 2.75) is 6.92 Å². The van der Waals surface area contributed by atoms with E-state index in [1.807, 2.05) is 0 Å². The molecule has 0 bridgehead atoms. The first-order valence-electron chi connectivity index (χ1n) is 5.52. The average Bonchev–Trinajstić information content (AvgIpc) is 2.42. The second kappa shape index (κ2) is 5.45. The highest BCUT2D eigenvalue weighted by Crippen LogP contribution is 2.30. The highest BCUT2D eigenvalue weighted by Gasteiger charge is 2.22. The number of aromatic nitrogens is 2. The molecule has 104 valence electrons. The van der Waals surface area contributed by atoms with Crippen molar-refractivity contribution in [2.75, 3.05) is 10.7 Å². The lowest BCUT2D eigenvalue weighted by Crippen LogP contribution is -2.12. The summed E-state index contributed by atoms with van der Waals surface area (Å²) in [6.45, 7) is 1.59. The number of nitrogen functional groups attached to an aromatic ring is 1. The van der Waals surface area contributed by atoms with Crippen molar-refractivity contribution >= 4 is 23.0 Å². The van der Waals surface area contributed by atoms with Gasteiger partial charge in [0, 0.05) is 5.69 Å². The molecule has 0 spiro atoms. The van der Waals surface area contributed by atoms with Gasteiger partial charge in [-0.25, -0.2) is 20.2 Å². The van der Waals surface area contributed by atoms with Crippen LogP contribution < -0.4 is 16.6 Å². The Morgan fingerprint density at radius 2 is 2.05 bits per heavy atom. The molecule has 0 amide bonds. The topological polar surface area (TPSA) is 119 Å². The first-order valence-corrected chi connectivity index (χ1v) is 5.52. The van der Waals surface area contributed by atoms with E-state index in [1.54, 1.807) is 6.92 Å². The number of rotatable bonds is 4. The van der Waals surface area contributed by atoms with E-state index < -0.39 is 10.6 Å². The van der Waals surface area contributed by atoms with Gasteiger partial charge in [0.1, 0.15) is 12.1 Å². The molecule has 0 unspecified atom stereocenters. The molecule has 1 heterocycles. The molecule has 0 aliphatic rings. The van der Waals surface area contributed by atoms with Crippen LogP contribution in [0.2, 0.25) is 0 Å². The van der Waals surface area contributed by atoms with Crippen molar-refractivity contribution in [1.29, 1.82) is 0 Å². The lowest BCUT2D eigenvalue weighted by Gasteiger charge is -2.08. The summed E-state index contributed by atoms with van der Waals surface area (Å²) >= 11 is 0. The molecular weight excluding hydrogens is 267 g/mol. The van der Waals surface area contributed by atoms with Crippen molar-refractivity contribution in [3.8, 4) is 0 Å². The second-order valence-corrected chi connectivity index (χ2v) is 3.91. The summed E-state index contributed by atoms with van der Waals surface area (Å²) in [5, 5.41) is 13.8. The normalized spacial score (nSPS) is 10.2. The number of hydrogen-bond donors (Lipinski definition) is 3. The maximum absolute atomic E-state index is 13.2. The molecule has 8 nitrogen and oxygen atoms in total. The molecule has 9 heteroatoms. The minimum absolute atomic E-state index is 0.0380. The monoisotopic (exact) mass is 278 g/mol. The molecular formula is C11H11FN6O2. The Kier molecular flexibility index (Phi) is 3.71. The van der Waals surface area contributed by atoms with Gasteiger partial charge in [0.05, 0.1) is 4.92 Å². The van der Waals surface area contributed by atoms with Crippen molar-refractivity contribution < 1.29 is 9.31 Å². The Labute approximate surface area is 113 Å². The van der Waals surface area contributed by atoms with E-state index in [0.29, 0.717) is 11.3 Å². The van der Waals surface area contributed by atoms with E-state index in [2.05, 4.69) is 20.7 Å². The summed E-state index contributed by atoms with van der Waals surface area (Å²) in [5.41, 5.74) is 2.61. The molecule has 0 saturated heterocycles. The van der Waals surface area contributed by atoms with E-state index in [9.17, 15) is 14.5 Å². The number of hydrogen-bond acceptors (Lipinski definition) is 7. The highest BCUT2D eigenvalue weighted by atomic mass is 19.1. The first-order chi connectivity index (χ1) is 9.52. The van der Waals surface area contributed by atoms with Crippen LogP contribution in [-0.2, 0) is 0 Å². The summed E-state index contributed by atoms with van der Waals surface area (Å²) in [6, 6.07) is 4.22. The summed E-state index contributed by atoms with van der Waals surface area (Å²) in [7, 11) is 0. The van der Waals surface area contributed by atoms with Gasteiger partial charge in [0.25, 0.3) is 0 Å². The first kappa shape index (κ1) is 13.6. The van der Waals surface area contributed by atoms with Crippen LogP contribution in [0.4, 0.5) is 27.4 Å². The molecule has 1 aromatic carbocycles. The van der Waals surface area contributed by atoms with Gasteiger partial charge in [-0.15, -0.1) is 0 Å². The second-order valence-electron chi connectivity index (χ2n) is 3.91. The van der Waals surface area contributed by atoms with Gasteiger partial charge in [-0.1, -0.05) is 0 Å². The molecule has 1 aromatic heterocycles. The zero-order chi connectivity index (χ0) is 14.7. The van der Waals surface area contributed by atoms with Crippen LogP contribution in [0.1, 0.15) is 5.56 Å². The molecule has 0 atom stereocenters. The predicted octanol–water partition coefficient (Wildman–Crippen LogP) is 1.86. The molecule has 0 aliphatic heterocycles. The van der Waals surface area contributed by atoms with Crippen LogP contribution in [0, 0.1) is 22.9 Å². The molecule has 0 fully saturated rings. The van der Waals surface area contributed by atoms with E-state index >= 15 is 0 Å². The summed E-state index contributed by atoms with van der Waals surface area (Å²) in [6.07, 6.45) is 1.13. The van der Waals surface area contributed by atoms with Gasteiger partial charge in [-0.3, -0.25) is 10.1 Å². The Balaban J connectivity index is 2.42. The number of benzene rings is 1. The lowest BCUT2D eigenvalue weighted by atomic mass is 10.2. The Bertz CT molecular complexity index is 663. The van der Waals surface area contributed by atoms with Crippen LogP contribution in [0.5, 0.6) is 0 Å². The van der Waals surface area contributed by atoms with Crippen LogP contribution in [-0.4, -0.2) is 14.9 Å². The van der Waals surface area contributed by atoms with Crippen LogP contribution in [0.3, 0.4) is 0 Å². The predicted molar refractivity (Wildman–Crippen MR) is 70.9 cm³/mol. The Morgan fingerprint density at radius 1 is 1.35 bits per heavy atom. The summed E-state index contributed by atoms with van der Waals surface area (Å²) < 4.78 is 13.2. The number of halogens is 1. The van der Waals surface area contributed by atoms with E-state index in [-0.39, 0.29) is 17.5 Å². The molecule has 0 aliphatic carbocycles. The third-order valence-electron chi connectivity index (χ3n) is 2.56. The van der Waals surface area contributed by atoms with E-state index in [4.69, 9.17) is 5.84 Å². The molecule has 2 rings (SSSR count). The van der Waals surface area contributed by atoms with Gasteiger partial charge >= 0.3 is 5.69 Å². The SMILES string of the molecule is Cc1cc(Nc2ncnc(NN)c2[N+](=O)[O-])ccc1F. The molecule has 20 heavy (non-hydrogen) atoms. The smallest absolute Gasteiger partial charge is 0.334 e. The van der Waals surface area contributed by atoms with Crippen molar-refractivity contribution in [1.82, 2.24) is 9.97 Å². The molecule has 4 N–H and O–H groups in total. The minimum atomic E-state index is -0.659. The zero-order valence-electron chi connectivity index (χ0n) is 10.4. The number of nitrogens with two attached hydrogens (primary N) is 1. The number of nitro groups is 1. The third kappa shape index (κ3) is 2.62. The van der Waals surface area contributed by atoms with Crippen LogP contribution >= 0.6 is 0 Å². The van der Waals surface area contributed by atoms with Crippen molar-refractivity contribution in [3.63, 3.8) is 0 Å². The summed E-state index contributed by atoms with van der Waals surface area (Å²) in [4.78, 5) is 17.9. The Morgan fingerprint density at radius 3 is 2.65 bits per heavy atom. The Hall–Kier alpha value is -2.81. The van der Waals surface area contributed by atoms with Gasteiger partial charge < -0.3 is 10.7 Å². The largest absolute Gasteiger partial charge is 0.354 e. The standard InChI is InChI=1S/C11H11FN6O2/c1-6-4-7(2-3-8(6)12)16-10-9(18(19)20)11(17-13)15-5-14-10/h2-5H,13H2,1H3,(H2,14,15,16,17).